The monoisotopic (exact) mass is 566 g/mol. The molecule has 0 amide bonds. The maximum Gasteiger partial charge on any atom is 0.434 e. The van der Waals surface area contributed by atoms with Crippen molar-refractivity contribution in [1.29, 1.82) is 0 Å². The molecule has 0 radical (unpaired) electrons. The van der Waals surface area contributed by atoms with Gasteiger partial charge in [0, 0.05) is 10.6 Å². The maximum absolute atomic E-state index is 14.2. The van der Waals surface area contributed by atoms with Crippen molar-refractivity contribution in [3.05, 3.63) is 89.6 Å². The summed E-state index contributed by atoms with van der Waals surface area (Å²) in [6.07, 6.45) is -3.49. The number of carbonyl (C=O) groups is 1. The molecule has 2 heterocycles. The van der Waals surface area contributed by atoms with Crippen molar-refractivity contribution in [1.82, 2.24) is 4.57 Å². The van der Waals surface area contributed by atoms with Gasteiger partial charge in [-0.15, -0.1) is 0 Å². The number of allylic oxidation sites excluding steroid dienone is 1. The smallest absolute Gasteiger partial charge is 0.434 e. The molecule has 1 atom stereocenters. The SMILES string of the molecule is CCOC(=O)C1=C(C(F)(F)F)N=c2s/c(=C\c3cccc(OC)c3OCC)c(=O)n2[C@@H]1c1ccc(Cl)cc1. The minimum absolute atomic E-state index is 0.0866. The van der Waals surface area contributed by atoms with Crippen LogP contribution < -0.4 is 24.4 Å². The summed E-state index contributed by atoms with van der Waals surface area (Å²) in [7, 11) is 1.47. The van der Waals surface area contributed by atoms with Crippen molar-refractivity contribution < 1.29 is 32.2 Å². The van der Waals surface area contributed by atoms with Gasteiger partial charge >= 0.3 is 12.1 Å². The summed E-state index contributed by atoms with van der Waals surface area (Å²) in [5, 5.41) is 0.334. The highest BCUT2D eigenvalue weighted by Crippen LogP contribution is 2.38. The van der Waals surface area contributed by atoms with Crippen LogP contribution in [0, 0.1) is 0 Å². The Kier molecular flexibility index (Phi) is 7.98. The van der Waals surface area contributed by atoms with E-state index in [2.05, 4.69) is 4.99 Å². The van der Waals surface area contributed by atoms with E-state index in [9.17, 15) is 22.8 Å². The minimum atomic E-state index is -4.99. The van der Waals surface area contributed by atoms with Gasteiger partial charge in [-0.05, 0) is 43.7 Å². The molecule has 4 rings (SSSR count). The van der Waals surface area contributed by atoms with Crippen LogP contribution in [0.5, 0.6) is 11.5 Å². The molecule has 12 heteroatoms. The Bertz CT molecular complexity index is 1580. The topological polar surface area (TPSA) is 79.1 Å². The van der Waals surface area contributed by atoms with Crippen LogP contribution in [0.3, 0.4) is 0 Å². The van der Waals surface area contributed by atoms with Crippen molar-refractivity contribution in [2.75, 3.05) is 20.3 Å². The highest BCUT2D eigenvalue weighted by Gasteiger charge is 2.45. The predicted molar refractivity (Wildman–Crippen MR) is 136 cm³/mol. The first-order valence-electron chi connectivity index (χ1n) is 11.5. The van der Waals surface area contributed by atoms with Crippen molar-refractivity contribution in [3.8, 4) is 11.5 Å². The predicted octanol–water partition coefficient (Wildman–Crippen LogP) is 4.40. The van der Waals surface area contributed by atoms with Crippen LogP contribution in [0.15, 0.2) is 63.5 Å². The highest BCUT2D eigenvalue weighted by molar-refractivity contribution is 7.07. The van der Waals surface area contributed by atoms with E-state index in [0.717, 1.165) is 15.9 Å². The fourth-order valence-electron chi connectivity index (χ4n) is 4.05. The largest absolute Gasteiger partial charge is 0.493 e. The molecule has 0 fully saturated rings. The van der Waals surface area contributed by atoms with Crippen LogP contribution >= 0.6 is 22.9 Å². The highest BCUT2D eigenvalue weighted by atomic mass is 35.5. The van der Waals surface area contributed by atoms with E-state index < -0.39 is 35.0 Å². The number of nitrogens with zero attached hydrogens (tertiary/aromatic N) is 2. The Morgan fingerprint density at radius 1 is 1.16 bits per heavy atom. The average Bonchev–Trinajstić information content (AvgIpc) is 3.19. The summed E-state index contributed by atoms with van der Waals surface area (Å²) in [4.78, 5) is 30.1. The second-order valence-electron chi connectivity index (χ2n) is 7.93. The fourth-order valence-corrected chi connectivity index (χ4v) is 5.17. The number of aromatic nitrogens is 1. The Morgan fingerprint density at radius 3 is 2.47 bits per heavy atom. The van der Waals surface area contributed by atoms with Gasteiger partial charge in [0.05, 0.1) is 36.5 Å². The molecule has 0 N–H and O–H groups in total. The standard InChI is InChI=1S/C26H22ClF3N2O5S/c1-4-36-21-15(7-6-8-17(21)35-3)13-18-23(33)32-20(14-9-11-16(27)12-10-14)19(24(34)37-5-2)22(26(28,29)30)31-25(32)38-18/h6-13,20H,4-5H2,1-3H3/b18-13-/t20-/m1/s1. The minimum Gasteiger partial charge on any atom is -0.493 e. The van der Waals surface area contributed by atoms with Crippen molar-refractivity contribution in [2.24, 2.45) is 4.99 Å². The van der Waals surface area contributed by atoms with Gasteiger partial charge in [-0.1, -0.05) is 47.2 Å². The Balaban J connectivity index is 2.05. The summed E-state index contributed by atoms with van der Waals surface area (Å²) in [5.41, 5.74) is -2.11. The van der Waals surface area contributed by atoms with Crippen molar-refractivity contribution in [3.63, 3.8) is 0 Å². The lowest BCUT2D eigenvalue weighted by Crippen LogP contribution is -2.41. The van der Waals surface area contributed by atoms with E-state index in [1.807, 2.05) is 0 Å². The Labute approximate surface area is 224 Å². The third-order valence-electron chi connectivity index (χ3n) is 5.59. The number of methoxy groups -OCH3 is 1. The van der Waals surface area contributed by atoms with Gasteiger partial charge in [0.1, 0.15) is 0 Å². The third kappa shape index (κ3) is 5.21. The van der Waals surface area contributed by atoms with E-state index in [-0.39, 0.29) is 21.5 Å². The number of alkyl halides is 3. The molecule has 200 valence electrons. The fraction of sp³-hybridized carbons (Fsp3) is 0.269. The molecular weight excluding hydrogens is 545 g/mol. The second kappa shape index (κ2) is 11.0. The molecule has 2 aromatic carbocycles. The summed E-state index contributed by atoms with van der Waals surface area (Å²) in [6, 6.07) is 9.47. The summed E-state index contributed by atoms with van der Waals surface area (Å²) in [6.45, 7) is 3.41. The van der Waals surface area contributed by atoms with E-state index >= 15 is 0 Å². The van der Waals surface area contributed by atoms with Crippen LogP contribution in [0.4, 0.5) is 13.2 Å². The van der Waals surface area contributed by atoms with Crippen LogP contribution in [0.1, 0.15) is 31.0 Å². The molecule has 7 nitrogen and oxygen atoms in total. The number of thiazole rings is 1. The van der Waals surface area contributed by atoms with E-state index in [4.69, 9.17) is 25.8 Å². The first-order chi connectivity index (χ1) is 18.1. The van der Waals surface area contributed by atoms with Crippen molar-refractivity contribution in [2.45, 2.75) is 26.1 Å². The molecule has 3 aromatic rings. The van der Waals surface area contributed by atoms with Gasteiger partial charge in [0.25, 0.3) is 5.56 Å². The number of ether oxygens (including phenoxy) is 3. The number of benzene rings is 2. The number of hydrogen-bond donors (Lipinski definition) is 0. The molecular formula is C26H22ClF3N2O5S. The van der Waals surface area contributed by atoms with E-state index in [1.54, 1.807) is 25.1 Å². The zero-order valence-electron chi connectivity index (χ0n) is 20.5. The van der Waals surface area contributed by atoms with Gasteiger partial charge in [-0.2, -0.15) is 13.2 Å². The first kappa shape index (κ1) is 27.5. The molecule has 0 spiro atoms. The lowest BCUT2D eigenvalue weighted by molar-refractivity contribution is -0.140. The summed E-state index contributed by atoms with van der Waals surface area (Å²) < 4.78 is 59.8. The molecule has 1 aliphatic rings. The Morgan fingerprint density at radius 2 is 1.87 bits per heavy atom. The molecule has 38 heavy (non-hydrogen) atoms. The third-order valence-corrected chi connectivity index (χ3v) is 6.82. The molecule has 0 unspecified atom stereocenters. The van der Waals surface area contributed by atoms with Crippen LogP contribution in [-0.4, -0.2) is 37.0 Å². The van der Waals surface area contributed by atoms with E-state index in [0.29, 0.717) is 28.7 Å². The molecule has 0 aliphatic carbocycles. The number of para-hydroxylation sites is 1. The zero-order valence-corrected chi connectivity index (χ0v) is 22.0. The van der Waals surface area contributed by atoms with Gasteiger partial charge < -0.3 is 14.2 Å². The van der Waals surface area contributed by atoms with Crippen LogP contribution in [0.2, 0.25) is 5.02 Å². The molecule has 0 saturated carbocycles. The van der Waals surface area contributed by atoms with Gasteiger partial charge in [-0.25, -0.2) is 9.79 Å². The lowest BCUT2D eigenvalue weighted by Gasteiger charge is -2.26. The second-order valence-corrected chi connectivity index (χ2v) is 9.37. The first-order valence-corrected chi connectivity index (χ1v) is 12.7. The van der Waals surface area contributed by atoms with Crippen molar-refractivity contribution >= 4 is 35.0 Å². The maximum atomic E-state index is 14.2. The molecule has 0 bridgehead atoms. The number of rotatable bonds is 7. The summed E-state index contributed by atoms with van der Waals surface area (Å²) in [5.74, 6) is -0.415. The van der Waals surface area contributed by atoms with Gasteiger partial charge in [-0.3, -0.25) is 9.36 Å². The molecule has 0 saturated heterocycles. The number of halogens is 4. The summed E-state index contributed by atoms with van der Waals surface area (Å²) >= 11 is 6.76. The number of fused-ring (bicyclic) bond motifs is 1. The van der Waals surface area contributed by atoms with Crippen LogP contribution in [-0.2, 0) is 9.53 Å². The lowest BCUT2D eigenvalue weighted by atomic mass is 9.95. The van der Waals surface area contributed by atoms with Crippen LogP contribution in [0.25, 0.3) is 6.08 Å². The van der Waals surface area contributed by atoms with E-state index in [1.165, 1.54) is 44.4 Å². The molecule has 1 aromatic heterocycles. The average molecular weight is 567 g/mol. The number of carbonyl (C=O) groups excluding carboxylic acids is 1. The number of hydrogen-bond acceptors (Lipinski definition) is 7. The van der Waals surface area contributed by atoms with Gasteiger partial charge in [0.2, 0.25) is 0 Å². The zero-order chi connectivity index (χ0) is 27.6. The number of esters is 1. The normalized spacial score (nSPS) is 15.7. The van der Waals surface area contributed by atoms with Gasteiger partial charge in [0.15, 0.2) is 22.0 Å². The Hall–Kier alpha value is -3.57. The quantitative estimate of drug-likeness (QED) is 0.396. The molecule has 1 aliphatic heterocycles.